The number of amides is 5. The molecule has 44 heavy (non-hydrogen) atoms. The SMILES string of the molecule is CC1(C)[C@H](N(O)C(=O)Nc2cccc(Cl)c2)N(c2cccc(Cl)c2)C(=O)N1CCCCC(=O)N/N=C/c1ccc(Cl)cc1Cl. The molecular weight excluding hydrogens is 650 g/mol. The van der Waals surface area contributed by atoms with Crippen LogP contribution in [0.2, 0.25) is 20.1 Å². The van der Waals surface area contributed by atoms with E-state index in [1.807, 2.05) is 0 Å². The van der Waals surface area contributed by atoms with Gasteiger partial charge in [-0.15, -0.1) is 0 Å². The Morgan fingerprint density at radius 3 is 2.34 bits per heavy atom. The highest BCUT2D eigenvalue weighted by Gasteiger charge is 2.55. The van der Waals surface area contributed by atoms with Gasteiger partial charge in [-0.25, -0.2) is 15.0 Å². The molecule has 1 aliphatic rings. The molecule has 5 amide bonds. The van der Waals surface area contributed by atoms with Crippen molar-refractivity contribution in [1.29, 1.82) is 0 Å². The largest absolute Gasteiger partial charge is 0.347 e. The second-order valence-corrected chi connectivity index (χ2v) is 12.2. The number of unbranched alkanes of at least 4 members (excludes halogenated alkanes) is 1. The van der Waals surface area contributed by atoms with Crippen LogP contribution in [0.15, 0.2) is 71.8 Å². The van der Waals surface area contributed by atoms with E-state index in [0.717, 1.165) is 0 Å². The number of urea groups is 2. The fraction of sp³-hybridized carbons (Fsp3) is 0.267. The third-order valence-corrected chi connectivity index (χ3v) is 8.03. The molecule has 0 spiro atoms. The predicted molar refractivity (Wildman–Crippen MR) is 174 cm³/mol. The van der Waals surface area contributed by atoms with Crippen LogP contribution in [0.4, 0.5) is 21.0 Å². The van der Waals surface area contributed by atoms with Gasteiger partial charge in [0.05, 0.1) is 16.8 Å². The summed E-state index contributed by atoms with van der Waals surface area (Å²) in [5.41, 5.74) is 2.77. The van der Waals surface area contributed by atoms with Gasteiger partial charge in [-0.1, -0.05) is 64.6 Å². The maximum Gasteiger partial charge on any atom is 0.347 e. The predicted octanol–water partition coefficient (Wildman–Crippen LogP) is 7.89. The summed E-state index contributed by atoms with van der Waals surface area (Å²) in [5.74, 6) is -0.309. The van der Waals surface area contributed by atoms with E-state index in [1.165, 1.54) is 17.2 Å². The van der Waals surface area contributed by atoms with Crippen molar-refractivity contribution in [2.75, 3.05) is 16.8 Å². The summed E-state index contributed by atoms with van der Waals surface area (Å²) in [6, 6.07) is 16.7. The van der Waals surface area contributed by atoms with Crippen molar-refractivity contribution in [2.24, 2.45) is 5.10 Å². The lowest BCUT2D eigenvalue weighted by molar-refractivity contribution is -0.121. The van der Waals surface area contributed by atoms with Gasteiger partial charge in [0.1, 0.15) is 0 Å². The molecule has 232 valence electrons. The van der Waals surface area contributed by atoms with Gasteiger partial charge in [0.2, 0.25) is 5.91 Å². The lowest BCUT2D eigenvalue weighted by atomic mass is 9.99. The molecule has 0 bridgehead atoms. The lowest BCUT2D eigenvalue weighted by Crippen LogP contribution is -2.58. The fourth-order valence-electron chi connectivity index (χ4n) is 4.86. The molecule has 3 aromatic carbocycles. The monoisotopic (exact) mass is 678 g/mol. The maximum atomic E-state index is 13.8. The molecule has 3 aromatic rings. The van der Waals surface area contributed by atoms with E-state index in [0.29, 0.717) is 54.9 Å². The van der Waals surface area contributed by atoms with Gasteiger partial charge in [-0.05, 0) is 75.2 Å². The number of nitrogens with zero attached hydrogens (tertiary/aromatic N) is 4. The molecule has 0 radical (unpaired) electrons. The highest BCUT2D eigenvalue weighted by atomic mass is 35.5. The standard InChI is InChI=1S/C30H30Cl4N6O4/c1-30(2)27(40(44)28(42)36-23-9-5-7-20(31)15-23)39(24-10-6-8-21(32)16-24)29(43)38(30)14-4-3-11-26(41)37-35-18-19-12-13-22(33)17-25(19)34/h5-10,12-13,15-18,27,44H,3-4,11,14H2,1-2H3,(H,36,42)(H,37,41)/b35-18+/t27-/m0/s1. The zero-order chi connectivity index (χ0) is 32.0. The Labute approximate surface area is 275 Å². The molecule has 0 unspecified atom stereocenters. The number of hydrazone groups is 1. The molecule has 0 saturated carbocycles. The molecule has 1 fully saturated rings. The number of carbonyl (C=O) groups is 3. The minimum atomic E-state index is -1.13. The van der Waals surface area contributed by atoms with Gasteiger partial charge in [0.15, 0.2) is 6.17 Å². The van der Waals surface area contributed by atoms with Crippen molar-refractivity contribution in [3.8, 4) is 0 Å². The Hall–Kier alpha value is -3.54. The number of hydrogen-bond donors (Lipinski definition) is 3. The Morgan fingerprint density at radius 2 is 1.66 bits per heavy atom. The van der Waals surface area contributed by atoms with Crippen molar-refractivity contribution in [3.05, 3.63) is 92.4 Å². The molecule has 10 nitrogen and oxygen atoms in total. The smallest absolute Gasteiger partial charge is 0.315 e. The van der Waals surface area contributed by atoms with E-state index < -0.39 is 23.8 Å². The van der Waals surface area contributed by atoms with Crippen LogP contribution in [0.1, 0.15) is 38.7 Å². The Balaban J connectivity index is 1.43. The molecular formula is C30H30Cl4N6O4. The zero-order valence-corrected chi connectivity index (χ0v) is 26.8. The van der Waals surface area contributed by atoms with E-state index in [1.54, 1.807) is 79.4 Å². The van der Waals surface area contributed by atoms with Crippen LogP contribution in [0.5, 0.6) is 0 Å². The highest BCUT2D eigenvalue weighted by molar-refractivity contribution is 6.36. The minimum absolute atomic E-state index is 0.156. The molecule has 1 saturated heterocycles. The number of hydroxylamine groups is 2. The minimum Gasteiger partial charge on any atom is -0.315 e. The van der Waals surface area contributed by atoms with Crippen LogP contribution in [-0.4, -0.2) is 57.6 Å². The van der Waals surface area contributed by atoms with Crippen LogP contribution < -0.4 is 15.6 Å². The van der Waals surface area contributed by atoms with Crippen molar-refractivity contribution in [2.45, 2.75) is 44.8 Å². The zero-order valence-electron chi connectivity index (χ0n) is 23.8. The summed E-state index contributed by atoms with van der Waals surface area (Å²) in [4.78, 5) is 42.2. The Kier molecular flexibility index (Phi) is 11.0. The van der Waals surface area contributed by atoms with Crippen LogP contribution in [0.25, 0.3) is 0 Å². The Morgan fingerprint density at radius 1 is 0.977 bits per heavy atom. The van der Waals surface area contributed by atoms with Crippen LogP contribution in [-0.2, 0) is 4.79 Å². The van der Waals surface area contributed by atoms with Gasteiger partial charge in [0.25, 0.3) is 0 Å². The lowest BCUT2D eigenvalue weighted by Gasteiger charge is -2.38. The number of halogens is 4. The van der Waals surface area contributed by atoms with Gasteiger partial charge < -0.3 is 10.2 Å². The summed E-state index contributed by atoms with van der Waals surface area (Å²) in [6.45, 7) is 3.75. The summed E-state index contributed by atoms with van der Waals surface area (Å²) in [6.07, 6.45) is 1.36. The number of nitrogens with one attached hydrogen (secondary N) is 2. The number of hydrogen-bond acceptors (Lipinski definition) is 5. The molecule has 1 aliphatic heterocycles. The average molecular weight is 680 g/mol. The van der Waals surface area contributed by atoms with Gasteiger partial charge in [0, 0.05) is 45.0 Å². The fourth-order valence-corrected chi connectivity index (χ4v) is 5.69. The summed E-state index contributed by atoms with van der Waals surface area (Å²) < 4.78 is 0. The summed E-state index contributed by atoms with van der Waals surface area (Å²) in [7, 11) is 0. The molecule has 0 aliphatic carbocycles. The van der Waals surface area contributed by atoms with Crippen molar-refractivity contribution >= 4 is 82.0 Å². The number of rotatable bonds is 10. The number of anilines is 2. The van der Waals surface area contributed by atoms with Crippen molar-refractivity contribution in [1.82, 2.24) is 15.4 Å². The Bertz CT molecular complexity index is 1570. The van der Waals surface area contributed by atoms with E-state index in [-0.39, 0.29) is 18.9 Å². The third kappa shape index (κ3) is 7.94. The number of carbonyl (C=O) groups excluding carboxylic acids is 3. The van der Waals surface area contributed by atoms with E-state index in [9.17, 15) is 19.6 Å². The second-order valence-electron chi connectivity index (χ2n) is 10.5. The quantitative estimate of drug-likeness (QED) is 0.0874. The second kappa shape index (κ2) is 14.5. The molecule has 4 rings (SSSR count). The first-order chi connectivity index (χ1) is 20.9. The first kappa shape index (κ1) is 33.4. The summed E-state index contributed by atoms with van der Waals surface area (Å²) in [5, 5.41) is 19.9. The normalized spacial score (nSPS) is 16.0. The van der Waals surface area contributed by atoms with Gasteiger partial charge in [-0.3, -0.25) is 14.9 Å². The van der Waals surface area contributed by atoms with Gasteiger partial charge >= 0.3 is 12.1 Å². The highest BCUT2D eigenvalue weighted by Crippen LogP contribution is 2.39. The maximum absolute atomic E-state index is 13.8. The molecule has 14 heteroatoms. The van der Waals surface area contributed by atoms with Crippen LogP contribution >= 0.6 is 46.4 Å². The van der Waals surface area contributed by atoms with Crippen LogP contribution in [0, 0.1) is 0 Å². The molecule has 0 aromatic heterocycles. The van der Waals surface area contributed by atoms with Crippen molar-refractivity contribution < 1.29 is 19.6 Å². The molecule has 1 atom stereocenters. The average Bonchev–Trinajstić information content (AvgIpc) is 3.16. The van der Waals surface area contributed by atoms with Gasteiger partial charge in [-0.2, -0.15) is 10.2 Å². The topological polar surface area (TPSA) is 118 Å². The molecule has 3 N–H and O–H groups in total. The van der Waals surface area contributed by atoms with Crippen molar-refractivity contribution in [3.63, 3.8) is 0 Å². The molecule has 1 heterocycles. The first-order valence-electron chi connectivity index (χ1n) is 13.6. The van der Waals surface area contributed by atoms with E-state index >= 15 is 0 Å². The van der Waals surface area contributed by atoms with E-state index in [2.05, 4.69) is 15.8 Å². The summed E-state index contributed by atoms with van der Waals surface area (Å²) >= 11 is 24.3. The van der Waals surface area contributed by atoms with Crippen LogP contribution in [0.3, 0.4) is 0 Å². The third-order valence-electron chi connectivity index (χ3n) is 7.00. The van der Waals surface area contributed by atoms with E-state index in [4.69, 9.17) is 46.4 Å². The number of benzene rings is 3. The first-order valence-corrected chi connectivity index (χ1v) is 15.1.